The highest BCUT2D eigenvalue weighted by Gasteiger charge is 2.23. The maximum absolute atomic E-state index is 12.9. The normalized spacial score (nSPS) is 17.4. The summed E-state index contributed by atoms with van der Waals surface area (Å²) in [5, 5.41) is 3.21. The Morgan fingerprint density at radius 2 is 1.75 bits per heavy atom. The summed E-state index contributed by atoms with van der Waals surface area (Å²) in [4.78, 5) is 19.0. The Kier molecular flexibility index (Phi) is 4.66. The van der Waals surface area contributed by atoms with Crippen molar-refractivity contribution in [1.29, 1.82) is 0 Å². The van der Waals surface area contributed by atoms with Crippen molar-refractivity contribution in [3.8, 4) is 0 Å². The molecule has 0 atom stereocenters. The molecule has 0 saturated carbocycles. The van der Waals surface area contributed by atoms with Gasteiger partial charge in [-0.25, -0.2) is 9.38 Å². The summed E-state index contributed by atoms with van der Waals surface area (Å²) < 4.78 is 12.9. The fraction of sp³-hybridized carbons (Fsp3) is 0.111. The van der Waals surface area contributed by atoms with Crippen molar-refractivity contribution in [3.63, 3.8) is 0 Å². The minimum atomic E-state index is -0.316. The number of halogens is 1. The third-order valence-corrected chi connectivity index (χ3v) is 4.33. The van der Waals surface area contributed by atoms with Crippen LogP contribution >= 0.6 is 11.8 Å². The quantitative estimate of drug-likeness (QED) is 0.864. The molecule has 1 N–H and O–H groups in total. The first-order chi connectivity index (χ1) is 11.5. The number of carbonyl (C=O) groups is 1. The molecule has 6 heteroatoms. The SMILES string of the molecule is CN(C)c1ccc(/C=C2\SC(=Nc3ccc(F)cc3)NC2=O)cc1. The highest BCUT2D eigenvalue weighted by molar-refractivity contribution is 8.18. The van der Waals surface area contributed by atoms with Crippen LogP contribution in [0.1, 0.15) is 5.56 Å². The lowest BCUT2D eigenvalue weighted by Gasteiger charge is -2.11. The van der Waals surface area contributed by atoms with Gasteiger partial charge in [-0.2, -0.15) is 0 Å². The molecule has 0 radical (unpaired) electrons. The molecule has 1 fully saturated rings. The minimum absolute atomic E-state index is 0.183. The number of anilines is 1. The lowest BCUT2D eigenvalue weighted by atomic mass is 10.2. The molecule has 0 aromatic heterocycles. The number of carbonyl (C=O) groups excluding carboxylic acids is 1. The molecule has 1 aliphatic heterocycles. The van der Waals surface area contributed by atoms with E-state index in [1.54, 1.807) is 12.1 Å². The molecule has 0 aliphatic carbocycles. The van der Waals surface area contributed by atoms with E-state index in [1.807, 2.05) is 49.3 Å². The summed E-state index contributed by atoms with van der Waals surface area (Å²) in [5.74, 6) is -0.499. The molecule has 1 saturated heterocycles. The number of nitrogens with one attached hydrogen (secondary N) is 1. The van der Waals surface area contributed by atoms with Crippen molar-refractivity contribution in [2.45, 2.75) is 0 Å². The number of benzene rings is 2. The summed E-state index contributed by atoms with van der Waals surface area (Å²) in [6, 6.07) is 13.7. The fourth-order valence-corrected chi connectivity index (χ4v) is 2.98. The van der Waals surface area contributed by atoms with Gasteiger partial charge in [-0.1, -0.05) is 12.1 Å². The van der Waals surface area contributed by atoms with Gasteiger partial charge in [-0.3, -0.25) is 4.79 Å². The molecular formula is C18H16FN3OS. The number of aliphatic imine (C=N–C) groups is 1. The van der Waals surface area contributed by atoms with Gasteiger partial charge in [0.05, 0.1) is 10.6 Å². The number of amidine groups is 1. The predicted octanol–water partition coefficient (Wildman–Crippen LogP) is 3.78. The first-order valence-electron chi connectivity index (χ1n) is 7.34. The molecule has 0 bridgehead atoms. The summed E-state index contributed by atoms with van der Waals surface area (Å²) in [5.41, 5.74) is 2.64. The Morgan fingerprint density at radius 3 is 2.38 bits per heavy atom. The van der Waals surface area contributed by atoms with Crippen LogP contribution in [0.3, 0.4) is 0 Å². The minimum Gasteiger partial charge on any atom is -0.378 e. The van der Waals surface area contributed by atoms with Crippen molar-refractivity contribution in [1.82, 2.24) is 5.32 Å². The summed E-state index contributed by atoms with van der Waals surface area (Å²) in [6.07, 6.45) is 1.83. The molecular weight excluding hydrogens is 325 g/mol. The van der Waals surface area contributed by atoms with Crippen LogP contribution in [0.4, 0.5) is 15.8 Å². The molecule has 0 unspecified atom stereocenters. The zero-order valence-corrected chi connectivity index (χ0v) is 14.1. The monoisotopic (exact) mass is 341 g/mol. The Balaban J connectivity index is 1.77. The van der Waals surface area contributed by atoms with Gasteiger partial charge in [-0.15, -0.1) is 0 Å². The second-order valence-electron chi connectivity index (χ2n) is 5.44. The largest absolute Gasteiger partial charge is 0.378 e. The van der Waals surface area contributed by atoms with Gasteiger partial charge in [0.15, 0.2) is 5.17 Å². The van der Waals surface area contributed by atoms with Gasteiger partial charge >= 0.3 is 0 Å². The Bertz CT molecular complexity index is 811. The third-order valence-electron chi connectivity index (χ3n) is 3.42. The maximum Gasteiger partial charge on any atom is 0.264 e. The first kappa shape index (κ1) is 16.3. The Hall–Kier alpha value is -2.60. The average molecular weight is 341 g/mol. The highest BCUT2D eigenvalue weighted by atomic mass is 32.2. The fourth-order valence-electron chi connectivity index (χ4n) is 2.13. The van der Waals surface area contributed by atoms with Crippen LogP contribution in [0, 0.1) is 5.82 Å². The molecule has 0 spiro atoms. The standard InChI is InChI=1S/C18H16FN3OS/c1-22(2)15-9-3-12(4-10-15)11-16-17(23)21-18(24-16)20-14-7-5-13(19)6-8-14/h3-11H,1-2H3,(H,20,21,23)/b16-11-. The van der Waals surface area contributed by atoms with E-state index in [0.29, 0.717) is 15.8 Å². The Labute approximate surface area is 144 Å². The number of hydrogen-bond donors (Lipinski definition) is 1. The van der Waals surface area contributed by atoms with Crippen LogP contribution < -0.4 is 10.2 Å². The molecule has 1 amide bonds. The van der Waals surface area contributed by atoms with E-state index in [2.05, 4.69) is 10.3 Å². The molecule has 4 nitrogen and oxygen atoms in total. The molecule has 2 aromatic rings. The smallest absolute Gasteiger partial charge is 0.264 e. The third kappa shape index (κ3) is 3.83. The average Bonchev–Trinajstić information content (AvgIpc) is 2.89. The van der Waals surface area contributed by atoms with Gasteiger partial charge in [0, 0.05) is 19.8 Å². The van der Waals surface area contributed by atoms with Crippen LogP contribution in [-0.4, -0.2) is 25.2 Å². The predicted molar refractivity (Wildman–Crippen MR) is 98.0 cm³/mol. The van der Waals surface area contributed by atoms with Crippen molar-refractivity contribution < 1.29 is 9.18 Å². The van der Waals surface area contributed by atoms with E-state index in [4.69, 9.17) is 0 Å². The summed E-state index contributed by atoms with van der Waals surface area (Å²) in [6.45, 7) is 0. The van der Waals surface area contributed by atoms with Gasteiger partial charge in [-0.05, 0) is 59.8 Å². The number of nitrogens with zero attached hydrogens (tertiary/aromatic N) is 2. The zero-order valence-electron chi connectivity index (χ0n) is 13.3. The van der Waals surface area contributed by atoms with E-state index in [9.17, 15) is 9.18 Å². The van der Waals surface area contributed by atoms with Crippen molar-refractivity contribution in [2.75, 3.05) is 19.0 Å². The van der Waals surface area contributed by atoms with E-state index in [0.717, 1.165) is 11.3 Å². The number of thioether (sulfide) groups is 1. The topological polar surface area (TPSA) is 44.7 Å². The maximum atomic E-state index is 12.9. The van der Waals surface area contributed by atoms with E-state index in [-0.39, 0.29) is 11.7 Å². The molecule has 24 heavy (non-hydrogen) atoms. The lowest BCUT2D eigenvalue weighted by molar-refractivity contribution is -0.115. The van der Waals surface area contributed by atoms with Crippen LogP contribution in [0.15, 0.2) is 58.4 Å². The highest BCUT2D eigenvalue weighted by Crippen LogP contribution is 2.28. The summed E-state index contributed by atoms with van der Waals surface area (Å²) >= 11 is 1.27. The molecule has 1 aliphatic rings. The van der Waals surface area contributed by atoms with Crippen LogP contribution in [0.25, 0.3) is 6.08 Å². The van der Waals surface area contributed by atoms with Crippen LogP contribution in [-0.2, 0) is 4.79 Å². The summed E-state index contributed by atoms with van der Waals surface area (Å²) in [7, 11) is 3.96. The lowest BCUT2D eigenvalue weighted by Crippen LogP contribution is -2.19. The number of hydrogen-bond acceptors (Lipinski definition) is 4. The van der Waals surface area contributed by atoms with Crippen molar-refractivity contribution in [2.24, 2.45) is 4.99 Å². The molecule has 122 valence electrons. The molecule has 2 aromatic carbocycles. The second-order valence-corrected chi connectivity index (χ2v) is 6.47. The van der Waals surface area contributed by atoms with E-state index in [1.165, 1.54) is 23.9 Å². The van der Waals surface area contributed by atoms with E-state index >= 15 is 0 Å². The molecule has 3 rings (SSSR count). The van der Waals surface area contributed by atoms with E-state index < -0.39 is 0 Å². The molecule has 1 heterocycles. The van der Waals surface area contributed by atoms with Gasteiger partial charge in [0.2, 0.25) is 0 Å². The van der Waals surface area contributed by atoms with Crippen LogP contribution in [0.2, 0.25) is 0 Å². The Morgan fingerprint density at radius 1 is 1.08 bits per heavy atom. The van der Waals surface area contributed by atoms with Gasteiger partial charge < -0.3 is 10.2 Å². The number of amides is 1. The zero-order chi connectivity index (χ0) is 17.1. The number of rotatable bonds is 3. The second kappa shape index (κ2) is 6.88. The van der Waals surface area contributed by atoms with Crippen LogP contribution in [0.5, 0.6) is 0 Å². The van der Waals surface area contributed by atoms with Crippen molar-refractivity contribution in [3.05, 3.63) is 64.8 Å². The van der Waals surface area contributed by atoms with Crippen molar-refractivity contribution >= 4 is 40.3 Å². The van der Waals surface area contributed by atoms with Gasteiger partial charge in [0.25, 0.3) is 5.91 Å². The van der Waals surface area contributed by atoms with Gasteiger partial charge in [0.1, 0.15) is 5.82 Å². The first-order valence-corrected chi connectivity index (χ1v) is 8.15.